The summed E-state index contributed by atoms with van der Waals surface area (Å²) >= 11 is 3.94. The molecule has 1 amide bonds. The van der Waals surface area contributed by atoms with Crippen molar-refractivity contribution in [3.8, 4) is 0 Å². The van der Waals surface area contributed by atoms with Crippen molar-refractivity contribution in [3.63, 3.8) is 0 Å². The SMILES string of the molecule is Cc1cc(I)ccc1NC(=O)CN1CCN(c2nccs2)CC1. The first kappa shape index (κ1) is 16.7. The highest BCUT2D eigenvalue weighted by Gasteiger charge is 2.20. The van der Waals surface area contributed by atoms with Crippen LogP contribution in [0.5, 0.6) is 0 Å². The molecule has 0 radical (unpaired) electrons. The Morgan fingerprint density at radius 2 is 2.13 bits per heavy atom. The van der Waals surface area contributed by atoms with E-state index in [9.17, 15) is 4.79 Å². The van der Waals surface area contributed by atoms with Gasteiger partial charge in [-0.15, -0.1) is 11.3 Å². The van der Waals surface area contributed by atoms with E-state index >= 15 is 0 Å². The average Bonchev–Trinajstić information content (AvgIpc) is 3.05. The van der Waals surface area contributed by atoms with Gasteiger partial charge in [0, 0.05) is 47.0 Å². The molecule has 0 atom stereocenters. The van der Waals surface area contributed by atoms with Gasteiger partial charge in [0.05, 0.1) is 6.54 Å². The molecule has 0 saturated carbocycles. The quantitative estimate of drug-likeness (QED) is 0.741. The number of nitrogens with zero attached hydrogens (tertiary/aromatic N) is 3. The number of amides is 1. The predicted molar refractivity (Wildman–Crippen MR) is 103 cm³/mol. The van der Waals surface area contributed by atoms with Crippen LogP contribution < -0.4 is 10.2 Å². The fourth-order valence-electron chi connectivity index (χ4n) is 2.63. The van der Waals surface area contributed by atoms with E-state index in [-0.39, 0.29) is 5.91 Å². The average molecular weight is 442 g/mol. The second-order valence-electron chi connectivity index (χ2n) is 5.59. The second-order valence-corrected chi connectivity index (χ2v) is 7.70. The molecule has 1 N–H and O–H groups in total. The van der Waals surface area contributed by atoms with Crippen molar-refractivity contribution in [3.05, 3.63) is 38.9 Å². The number of anilines is 2. The number of benzene rings is 1. The summed E-state index contributed by atoms with van der Waals surface area (Å²) in [6, 6.07) is 6.05. The first-order valence-corrected chi connectivity index (χ1v) is 9.50. The summed E-state index contributed by atoms with van der Waals surface area (Å²) in [4.78, 5) is 21.1. The van der Waals surface area contributed by atoms with E-state index in [2.05, 4.69) is 48.8 Å². The molecule has 1 aromatic carbocycles. The topological polar surface area (TPSA) is 48.5 Å². The highest BCUT2D eigenvalue weighted by molar-refractivity contribution is 14.1. The Balaban J connectivity index is 1.49. The number of thiazole rings is 1. The molecule has 1 fully saturated rings. The van der Waals surface area contributed by atoms with Crippen LogP contribution in [0.15, 0.2) is 29.8 Å². The summed E-state index contributed by atoms with van der Waals surface area (Å²) in [6.07, 6.45) is 1.84. The fourth-order valence-corrected chi connectivity index (χ4v) is 3.97. The summed E-state index contributed by atoms with van der Waals surface area (Å²) < 4.78 is 1.18. The zero-order valence-electron chi connectivity index (χ0n) is 13.0. The van der Waals surface area contributed by atoms with Crippen molar-refractivity contribution in [1.29, 1.82) is 0 Å². The van der Waals surface area contributed by atoms with Crippen molar-refractivity contribution >= 4 is 50.7 Å². The summed E-state index contributed by atoms with van der Waals surface area (Å²) in [5.74, 6) is 0.0528. The molecule has 3 rings (SSSR count). The van der Waals surface area contributed by atoms with E-state index in [1.54, 1.807) is 11.3 Å². The highest BCUT2D eigenvalue weighted by atomic mass is 127. The normalized spacial score (nSPS) is 15.7. The molecule has 2 heterocycles. The lowest BCUT2D eigenvalue weighted by molar-refractivity contribution is -0.117. The number of hydrogen-bond donors (Lipinski definition) is 1. The van der Waals surface area contributed by atoms with Gasteiger partial charge in [-0.1, -0.05) is 0 Å². The van der Waals surface area contributed by atoms with Gasteiger partial charge in [0.15, 0.2) is 5.13 Å². The van der Waals surface area contributed by atoms with Crippen LogP contribution in [0.1, 0.15) is 5.56 Å². The van der Waals surface area contributed by atoms with Gasteiger partial charge in [-0.25, -0.2) is 4.98 Å². The fraction of sp³-hybridized carbons (Fsp3) is 0.375. The molecule has 1 aliphatic rings. The molecule has 23 heavy (non-hydrogen) atoms. The molecule has 0 aliphatic carbocycles. The Bertz CT molecular complexity index is 669. The Hall–Kier alpha value is -1.19. The van der Waals surface area contributed by atoms with E-state index in [4.69, 9.17) is 0 Å². The van der Waals surface area contributed by atoms with Gasteiger partial charge in [0.2, 0.25) is 5.91 Å². The number of carbonyl (C=O) groups is 1. The molecular formula is C16H19IN4OS. The summed E-state index contributed by atoms with van der Waals surface area (Å²) in [5.41, 5.74) is 2.00. The van der Waals surface area contributed by atoms with Crippen molar-refractivity contribution < 1.29 is 4.79 Å². The van der Waals surface area contributed by atoms with Crippen LogP contribution in [0.25, 0.3) is 0 Å². The van der Waals surface area contributed by atoms with Gasteiger partial charge in [-0.05, 0) is 53.3 Å². The minimum atomic E-state index is 0.0528. The molecule has 0 unspecified atom stereocenters. The van der Waals surface area contributed by atoms with Crippen LogP contribution in [-0.4, -0.2) is 48.5 Å². The Kier molecular flexibility index (Phi) is 5.50. The van der Waals surface area contributed by atoms with Crippen LogP contribution in [-0.2, 0) is 4.79 Å². The lowest BCUT2D eigenvalue weighted by atomic mass is 10.2. The van der Waals surface area contributed by atoms with Crippen LogP contribution in [0.2, 0.25) is 0 Å². The van der Waals surface area contributed by atoms with Gasteiger partial charge >= 0.3 is 0 Å². The zero-order chi connectivity index (χ0) is 16.2. The number of aryl methyl sites for hydroxylation is 1. The van der Waals surface area contributed by atoms with Crippen molar-refractivity contribution in [2.45, 2.75) is 6.92 Å². The van der Waals surface area contributed by atoms with Gasteiger partial charge in [-0.3, -0.25) is 9.69 Å². The summed E-state index contributed by atoms with van der Waals surface area (Å²) in [5, 5.41) is 6.09. The van der Waals surface area contributed by atoms with E-state index in [0.29, 0.717) is 6.54 Å². The largest absolute Gasteiger partial charge is 0.346 e. The molecule has 0 spiro atoms. The number of rotatable bonds is 4. The third-order valence-electron chi connectivity index (χ3n) is 3.89. The smallest absolute Gasteiger partial charge is 0.238 e. The lowest BCUT2D eigenvalue weighted by Gasteiger charge is -2.34. The minimum absolute atomic E-state index is 0.0528. The third kappa shape index (κ3) is 4.42. The van der Waals surface area contributed by atoms with Crippen LogP contribution in [0.3, 0.4) is 0 Å². The van der Waals surface area contributed by atoms with E-state index in [0.717, 1.165) is 42.6 Å². The number of halogens is 1. The van der Waals surface area contributed by atoms with Crippen molar-refractivity contribution in [1.82, 2.24) is 9.88 Å². The van der Waals surface area contributed by atoms with E-state index in [1.807, 2.05) is 30.6 Å². The maximum Gasteiger partial charge on any atom is 0.238 e. The van der Waals surface area contributed by atoms with Crippen molar-refractivity contribution in [2.24, 2.45) is 0 Å². The monoisotopic (exact) mass is 442 g/mol. The number of piperazine rings is 1. The van der Waals surface area contributed by atoms with E-state index in [1.165, 1.54) is 3.57 Å². The number of hydrogen-bond acceptors (Lipinski definition) is 5. The van der Waals surface area contributed by atoms with Crippen LogP contribution in [0, 0.1) is 10.5 Å². The number of aromatic nitrogens is 1. The molecule has 5 nitrogen and oxygen atoms in total. The predicted octanol–water partition coefficient (Wildman–Crippen LogP) is 2.82. The summed E-state index contributed by atoms with van der Waals surface area (Å²) in [6.45, 7) is 6.08. The Morgan fingerprint density at radius 1 is 1.35 bits per heavy atom. The molecular weight excluding hydrogens is 423 g/mol. The maximum absolute atomic E-state index is 12.2. The third-order valence-corrected chi connectivity index (χ3v) is 5.40. The first-order valence-electron chi connectivity index (χ1n) is 7.54. The number of nitrogens with one attached hydrogen (secondary N) is 1. The Labute approximate surface area is 153 Å². The lowest BCUT2D eigenvalue weighted by Crippen LogP contribution is -2.48. The van der Waals surface area contributed by atoms with Gasteiger partial charge in [0.1, 0.15) is 0 Å². The second kappa shape index (κ2) is 7.59. The molecule has 7 heteroatoms. The zero-order valence-corrected chi connectivity index (χ0v) is 15.9. The van der Waals surface area contributed by atoms with Crippen molar-refractivity contribution in [2.75, 3.05) is 42.9 Å². The number of carbonyl (C=O) groups excluding carboxylic acids is 1. The highest BCUT2D eigenvalue weighted by Crippen LogP contribution is 2.19. The maximum atomic E-state index is 12.2. The van der Waals surface area contributed by atoms with Gasteiger partial charge in [0.25, 0.3) is 0 Å². The summed E-state index contributed by atoms with van der Waals surface area (Å²) in [7, 11) is 0. The molecule has 1 aliphatic heterocycles. The molecule has 2 aromatic rings. The van der Waals surface area contributed by atoms with Gasteiger partial charge < -0.3 is 10.2 Å². The minimum Gasteiger partial charge on any atom is -0.346 e. The molecule has 1 saturated heterocycles. The first-order chi connectivity index (χ1) is 11.1. The standard InChI is InChI=1S/C16H19IN4OS/c1-12-10-13(17)2-3-14(12)19-15(22)11-20-5-7-21(8-6-20)16-18-4-9-23-16/h2-4,9-10H,5-8,11H2,1H3,(H,19,22). The van der Waals surface area contributed by atoms with Gasteiger partial charge in [-0.2, -0.15) is 0 Å². The van der Waals surface area contributed by atoms with Crippen LogP contribution >= 0.6 is 33.9 Å². The molecule has 122 valence electrons. The van der Waals surface area contributed by atoms with Crippen LogP contribution in [0.4, 0.5) is 10.8 Å². The van der Waals surface area contributed by atoms with E-state index < -0.39 is 0 Å². The molecule has 1 aromatic heterocycles. The Morgan fingerprint density at radius 3 is 2.78 bits per heavy atom. The molecule has 0 bridgehead atoms.